The molecule has 2 aromatic heterocycles. The summed E-state index contributed by atoms with van der Waals surface area (Å²) in [6, 6.07) is 87.5. The number of anilines is 3. The van der Waals surface area contributed by atoms with Crippen molar-refractivity contribution in [3.63, 3.8) is 0 Å². The van der Waals surface area contributed by atoms with E-state index < -0.39 is 0 Å². The Balaban J connectivity index is 0.903. The lowest BCUT2D eigenvalue weighted by Crippen LogP contribution is -2.10. The number of benzene rings is 11. The molecule has 0 unspecified atom stereocenters. The van der Waals surface area contributed by atoms with Gasteiger partial charge in [0.05, 0.1) is 16.7 Å². The summed E-state index contributed by atoms with van der Waals surface area (Å²) in [6.07, 6.45) is 0. The Morgan fingerprint density at radius 3 is 1.49 bits per heavy atom. The van der Waals surface area contributed by atoms with Crippen molar-refractivity contribution in [1.82, 2.24) is 4.57 Å². The van der Waals surface area contributed by atoms with E-state index >= 15 is 0 Å². The van der Waals surface area contributed by atoms with Crippen LogP contribution < -0.4 is 4.90 Å². The fourth-order valence-electron chi connectivity index (χ4n) is 10.1. The lowest BCUT2D eigenvalue weighted by molar-refractivity contribution is 0.673. The molecule has 0 bridgehead atoms. The van der Waals surface area contributed by atoms with Gasteiger partial charge in [-0.15, -0.1) is 0 Å². The summed E-state index contributed by atoms with van der Waals surface area (Å²) >= 11 is 0. The van der Waals surface area contributed by atoms with Crippen LogP contribution in [0.25, 0.3) is 104 Å². The first-order valence-corrected chi connectivity index (χ1v) is 22.2. The number of hydrogen-bond donors (Lipinski definition) is 0. The standard InChI is InChI=1S/C62H40N2O/c1-3-17-51-44(12-1)14-10-21-52(51)46-28-26-41(27-29-46)42-30-35-48(36-31-42)63(60-25-11-22-56-57-39-34-45-13-2-4-18-53(45)61(57)65-62(56)60)49-37-32-43(33-38-49)47-15-9-16-50(40-47)64-58-23-7-5-19-54(58)55-20-6-8-24-59(55)64/h1-40H. The summed E-state index contributed by atoms with van der Waals surface area (Å²) in [5.74, 6) is 0. The summed E-state index contributed by atoms with van der Waals surface area (Å²) in [5.41, 5.74) is 15.5. The van der Waals surface area contributed by atoms with Crippen LogP contribution in [0.4, 0.5) is 17.1 Å². The Bertz CT molecular complexity index is 3870. The molecule has 304 valence electrons. The molecule has 13 rings (SSSR count). The number of nitrogens with zero attached hydrogens (tertiary/aromatic N) is 2. The van der Waals surface area contributed by atoms with Gasteiger partial charge < -0.3 is 13.9 Å². The molecule has 0 fully saturated rings. The first-order chi connectivity index (χ1) is 32.2. The maximum atomic E-state index is 6.95. The SMILES string of the molecule is c1cc(-c2ccc(N(c3ccc(-c4ccc(-c5cccc6ccccc56)cc4)cc3)c3cccc4c3oc3c5ccccc5ccc43)cc2)cc(-n2c3ccccc3c3ccccc32)c1. The number of para-hydroxylation sites is 3. The minimum Gasteiger partial charge on any atom is -0.453 e. The molecule has 0 saturated heterocycles. The molecule has 3 heteroatoms. The van der Waals surface area contributed by atoms with Gasteiger partial charge in [-0.2, -0.15) is 0 Å². The van der Waals surface area contributed by atoms with Crippen molar-refractivity contribution in [3.05, 3.63) is 243 Å². The minimum atomic E-state index is 0.856. The summed E-state index contributed by atoms with van der Waals surface area (Å²) in [7, 11) is 0. The molecule has 0 aliphatic rings. The zero-order valence-corrected chi connectivity index (χ0v) is 35.4. The predicted molar refractivity (Wildman–Crippen MR) is 274 cm³/mol. The third-order valence-electron chi connectivity index (χ3n) is 13.2. The molecule has 3 nitrogen and oxygen atoms in total. The molecule has 0 N–H and O–H groups in total. The molecule has 2 heterocycles. The molecule has 0 aliphatic carbocycles. The summed E-state index contributed by atoms with van der Waals surface area (Å²) in [6.45, 7) is 0. The van der Waals surface area contributed by atoms with Gasteiger partial charge >= 0.3 is 0 Å². The number of fused-ring (bicyclic) bond motifs is 9. The van der Waals surface area contributed by atoms with Crippen molar-refractivity contribution in [2.45, 2.75) is 0 Å². The number of aromatic nitrogens is 1. The van der Waals surface area contributed by atoms with E-state index in [1.165, 1.54) is 49.3 Å². The third kappa shape index (κ3) is 6.12. The van der Waals surface area contributed by atoms with Crippen LogP contribution in [-0.2, 0) is 0 Å². The lowest BCUT2D eigenvalue weighted by Gasteiger charge is -2.26. The molecule has 0 amide bonds. The minimum absolute atomic E-state index is 0.856. The van der Waals surface area contributed by atoms with E-state index in [9.17, 15) is 0 Å². The average molecular weight is 829 g/mol. The Labute approximate surface area is 376 Å². The largest absolute Gasteiger partial charge is 0.453 e. The lowest BCUT2D eigenvalue weighted by atomic mass is 9.96. The van der Waals surface area contributed by atoms with Crippen LogP contribution in [0.1, 0.15) is 0 Å². The molecular weight excluding hydrogens is 789 g/mol. The van der Waals surface area contributed by atoms with Gasteiger partial charge in [0.2, 0.25) is 0 Å². The zero-order valence-electron chi connectivity index (χ0n) is 35.4. The molecule has 0 saturated carbocycles. The molecule has 13 aromatic rings. The number of hydrogen-bond acceptors (Lipinski definition) is 2. The molecular formula is C62H40N2O. The van der Waals surface area contributed by atoms with Gasteiger partial charge in [-0.25, -0.2) is 0 Å². The number of rotatable bonds is 7. The van der Waals surface area contributed by atoms with Gasteiger partial charge in [-0.1, -0.05) is 182 Å². The monoisotopic (exact) mass is 828 g/mol. The van der Waals surface area contributed by atoms with Crippen LogP contribution in [0.15, 0.2) is 247 Å². The van der Waals surface area contributed by atoms with Crippen LogP contribution in [0.3, 0.4) is 0 Å². The molecule has 0 atom stereocenters. The van der Waals surface area contributed by atoms with E-state index in [1.807, 2.05) is 0 Å². The van der Waals surface area contributed by atoms with Gasteiger partial charge in [0.1, 0.15) is 5.58 Å². The Kier molecular flexibility index (Phi) is 8.53. The van der Waals surface area contributed by atoms with E-state index in [4.69, 9.17) is 4.42 Å². The third-order valence-corrected chi connectivity index (χ3v) is 13.2. The maximum absolute atomic E-state index is 6.95. The highest BCUT2D eigenvalue weighted by Gasteiger charge is 2.21. The van der Waals surface area contributed by atoms with Crippen LogP contribution >= 0.6 is 0 Å². The molecule has 0 aliphatic heterocycles. The Morgan fingerprint density at radius 1 is 0.308 bits per heavy atom. The highest BCUT2D eigenvalue weighted by molar-refractivity contribution is 6.17. The number of furan rings is 1. The summed E-state index contributed by atoms with van der Waals surface area (Å²) in [5, 5.41) is 9.51. The molecule has 0 spiro atoms. The van der Waals surface area contributed by atoms with Crippen molar-refractivity contribution in [2.75, 3.05) is 4.90 Å². The Hall–Kier alpha value is -8.66. The normalized spacial score (nSPS) is 11.7. The molecule has 0 radical (unpaired) electrons. The van der Waals surface area contributed by atoms with Crippen molar-refractivity contribution in [1.29, 1.82) is 0 Å². The zero-order chi connectivity index (χ0) is 42.8. The van der Waals surface area contributed by atoms with Crippen LogP contribution in [0, 0.1) is 0 Å². The fourth-order valence-corrected chi connectivity index (χ4v) is 10.1. The topological polar surface area (TPSA) is 21.3 Å². The fraction of sp³-hybridized carbons (Fsp3) is 0. The Morgan fingerprint density at radius 2 is 0.800 bits per heavy atom. The first kappa shape index (κ1) is 36.9. The van der Waals surface area contributed by atoms with E-state index in [-0.39, 0.29) is 0 Å². The van der Waals surface area contributed by atoms with Crippen molar-refractivity contribution in [3.8, 4) is 39.1 Å². The van der Waals surface area contributed by atoms with Gasteiger partial charge in [-0.05, 0) is 110 Å². The van der Waals surface area contributed by atoms with Crippen molar-refractivity contribution >= 4 is 82.4 Å². The van der Waals surface area contributed by atoms with Crippen LogP contribution in [-0.4, -0.2) is 4.57 Å². The second kappa shape index (κ2) is 15.0. The quantitative estimate of drug-likeness (QED) is 0.160. The van der Waals surface area contributed by atoms with E-state index in [2.05, 4.69) is 252 Å². The smallest absolute Gasteiger partial charge is 0.159 e. The second-order valence-corrected chi connectivity index (χ2v) is 16.9. The predicted octanol–water partition coefficient (Wildman–Crippen LogP) is 17.5. The van der Waals surface area contributed by atoms with Crippen LogP contribution in [0.2, 0.25) is 0 Å². The van der Waals surface area contributed by atoms with Crippen molar-refractivity contribution in [2.24, 2.45) is 0 Å². The summed E-state index contributed by atoms with van der Waals surface area (Å²) < 4.78 is 9.33. The van der Waals surface area contributed by atoms with E-state index in [0.717, 1.165) is 72.2 Å². The highest BCUT2D eigenvalue weighted by Crippen LogP contribution is 2.44. The van der Waals surface area contributed by atoms with Gasteiger partial charge in [0, 0.05) is 44.0 Å². The van der Waals surface area contributed by atoms with Crippen LogP contribution in [0.5, 0.6) is 0 Å². The van der Waals surface area contributed by atoms with E-state index in [0.29, 0.717) is 0 Å². The van der Waals surface area contributed by atoms with Gasteiger partial charge in [0.25, 0.3) is 0 Å². The molecule has 11 aromatic carbocycles. The van der Waals surface area contributed by atoms with E-state index in [1.54, 1.807) is 0 Å². The highest BCUT2D eigenvalue weighted by atomic mass is 16.3. The first-order valence-electron chi connectivity index (χ1n) is 22.2. The molecule has 65 heavy (non-hydrogen) atoms. The van der Waals surface area contributed by atoms with Gasteiger partial charge in [0.15, 0.2) is 5.58 Å². The second-order valence-electron chi connectivity index (χ2n) is 16.9. The maximum Gasteiger partial charge on any atom is 0.159 e. The average Bonchev–Trinajstić information content (AvgIpc) is 3.94. The van der Waals surface area contributed by atoms with Crippen molar-refractivity contribution < 1.29 is 4.42 Å². The van der Waals surface area contributed by atoms with Gasteiger partial charge in [-0.3, -0.25) is 0 Å². The summed E-state index contributed by atoms with van der Waals surface area (Å²) in [4.78, 5) is 2.33.